The van der Waals surface area contributed by atoms with Gasteiger partial charge in [-0.2, -0.15) is 5.10 Å². The molecule has 116 valence electrons. The van der Waals surface area contributed by atoms with Crippen LogP contribution in [-0.4, -0.2) is 40.3 Å². The maximum atomic E-state index is 12.9. The molecule has 0 atom stereocenters. The van der Waals surface area contributed by atoms with Gasteiger partial charge in [0.2, 0.25) is 0 Å². The van der Waals surface area contributed by atoms with Crippen LogP contribution in [0, 0.1) is 5.82 Å². The van der Waals surface area contributed by atoms with Crippen LogP contribution >= 0.6 is 0 Å². The Balaban J connectivity index is 1.51. The smallest absolute Gasteiger partial charge is 0.317 e. The molecule has 1 aliphatic rings. The summed E-state index contributed by atoms with van der Waals surface area (Å²) in [4.78, 5) is 13.7. The monoisotopic (exact) mass is 302 g/mol. The zero-order valence-corrected chi connectivity index (χ0v) is 12.3. The first-order valence-corrected chi connectivity index (χ1v) is 7.54. The number of hydrogen-bond donors (Lipinski definition) is 1. The predicted molar refractivity (Wildman–Crippen MR) is 81.8 cm³/mol. The summed E-state index contributed by atoms with van der Waals surface area (Å²) >= 11 is 0. The molecule has 22 heavy (non-hydrogen) atoms. The Hall–Kier alpha value is -2.37. The van der Waals surface area contributed by atoms with E-state index in [9.17, 15) is 9.18 Å². The topological polar surface area (TPSA) is 50.2 Å². The van der Waals surface area contributed by atoms with Crippen LogP contribution < -0.4 is 5.32 Å². The molecule has 0 aliphatic carbocycles. The number of nitrogens with one attached hydrogen (secondary N) is 1. The minimum Gasteiger partial charge on any atom is -0.336 e. The van der Waals surface area contributed by atoms with Gasteiger partial charge in [0.05, 0.1) is 12.2 Å². The van der Waals surface area contributed by atoms with Crippen LogP contribution in [0.1, 0.15) is 12.8 Å². The lowest BCUT2D eigenvalue weighted by atomic mass is 10.1. The van der Waals surface area contributed by atoms with E-state index in [1.165, 1.54) is 12.1 Å². The lowest BCUT2D eigenvalue weighted by Crippen LogP contribution is -2.39. The van der Waals surface area contributed by atoms with Gasteiger partial charge in [-0.05, 0) is 43.2 Å². The van der Waals surface area contributed by atoms with Crippen molar-refractivity contribution >= 4 is 6.03 Å². The van der Waals surface area contributed by atoms with E-state index in [0.717, 1.165) is 37.2 Å². The number of carbonyl (C=O) groups excluding carboxylic acids is 1. The van der Waals surface area contributed by atoms with Crippen molar-refractivity contribution in [1.82, 2.24) is 20.0 Å². The van der Waals surface area contributed by atoms with Crippen LogP contribution in [0.15, 0.2) is 36.5 Å². The predicted octanol–water partition coefficient (Wildman–Crippen LogP) is 2.49. The van der Waals surface area contributed by atoms with E-state index in [1.54, 1.807) is 16.8 Å². The van der Waals surface area contributed by atoms with Gasteiger partial charge in [0, 0.05) is 31.4 Å². The molecule has 6 heteroatoms. The first kappa shape index (κ1) is 14.6. The standard InChI is InChI=1S/C16H19FN4O/c17-14-5-3-13(4-6-14)15-7-11-21(19-15)12-8-18-16(22)20-9-1-2-10-20/h3-7,11H,1-2,8-10,12H2,(H,18,22). The van der Waals surface area contributed by atoms with Gasteiger partial charge in [0.25, 0.3) is 0 Å². The Morgan fingerprint density at radius 2 is 1.91 bits per heavy atom. The highest BCUT2D eigenvalue weighted by Crippen LogP contribution is 2.16. The molecule has 1 aromatic heterocycles. The molecular formula is C16H19FN4O. The van der Waals surface area contributed by atoms with Crippen LogP contribution in [0.4, 0.5) is 9.18 Å². The number of halogens is 1. The van der Waals surface area contributed by atoms with Gasteiger partial charge in [-0.3, -0.25) is 4.68 Å². The second-order valence-electron chi connectivity index (χ2n) is 5.40. The zero-order valence-electron chi connectivity index (χ0n) is 12.3. The van der Waals surface area contributed by atoms with Crippen LogP contribution in [0.3, 0.4) is 0 Å². The van der Waals surface area contributed by atoms with Gasteiger partial charge in [0.1, 0.15) is 5.82 Å². The van der Waals surface area contributed by atoms with Gasteiger partial charge in [-0.15, -0.1) is 0 Å². The van der Waals surface area contributed by atoms with E-state index < -0.39 is 0 Å². The third-order valence-electron chi connectivity index (χ3n) is 3.79. The molecule has 2 aromatic rings. The van der Waals surface area contributed by atoms with Crippen molar-refractivity contribution in [2.24, 2.45) is 0 Å². The second kappa shape index (κ2) is 6.60. The Kier molecular flexibility index (Phi) is 4.37. The lowest BCUT2D eigenvalue weighted by molar-refractivity contribution is 0.208. The number of urea groups is 1. The van der Waals surface area contributed by atoms with Gasteiger partial charge in [0.15, 0.2) is 0 Å². The summed E-state index contributed by atoms with van der Waals surface area (Å²) in [7, 11) is 0. The minimum atomic E-state index is -0.257. The molecule has 0 bridgehead atoms. The van der Waals surface area contributed by atoms with E-state index in [2.05, 4.69) is 10.4 Å². The number of carbonyl (C=O) groups is 1. The van der Waals surface area contributed by atoms with Gasteiger partial charge in [-0.1, -0.05) is 0 Å². The SMILES string of the molecule is O=C(NCCn1ccc(-c2ccc(F)cc2)n1)N1CCCC1. The molecule has 5 nitrogen and oxygen atoms in total. The van der Waals surface area contributed by atoms with Crippen LogP contribution in [0.2, 0.25) is 0 Å². The Bertz CT molecular complexity index is 632. The highest BCUT2D eigenvalue weighted by molar-refractivity contribution is 5.74. The number of amides is 2. The molecule has 1 aromatic carbocycles. The number of likely N-dealkylation sites (tertiary alicyclic amines) is 1. The summed E-state index contributed by atoms with van der Waals surface area (Å²) in [5.41, 5.74) is 1.67. The first-order valence-electron chi connectivity index (χ1n) is 7.54. The molecule has 1 fully saturated rings. The number of aromatic nitrogens is 2. The summed E-state index contributed by atoms with van der Waals surface area (Å²) in [5.74, 6) is -0.257. The zero-order chi connectivity index (χ0) is 15.4. The highest BCUT2D eigenvalue weighted by Gasteiger charge is 2.16. The van der Waals surface area contributed by atoms with Crippen molar-refractivity contribution < 1.29 is 9.18 Å². The molecule has 2 heterocycles. The van der Waals surface area contributed by atoms with Gasteiger partial charge < -0.3 is 10.2 Å². The fraction of sp³-hybridized carbons (Fsp3) is 0.375. The second-order valence-corrected chi connectivity index (χ2v) is 5.40. The number of hydrogen-bond acceptors (Lipinski definition) is 2. The molecule has 0 unspecified atom stereocenters. The molecule has 1 aliphatic heterocycles. The average molecular weight is 302 g/mol. The largest absolute Gasteiger partial charge is 0.336 e. The Morgan fingerprint density at radius 1 is 1.18 bits per heavy atom. The molecule has 1 N–H and O–H groups in total. The molecule has 0 spiro atoms. The van der Waals surface area contributed by atoms with Crippen molar-refractivity contribution in [1.29, 1.82) is 0 Å². The third kappa shape index (κ3) is 3.44. The summed E-state index contributed by atoms with van der Waals surface area (Å²) in [5, 5.41) is 7.34. The average Bonchev–Trinajstić information content (AvgIpc) is 3.19. The summed E-state index contributed by atoms with van der Waals surface area (Å²) in [6.45, 7) is 2.85. The van der Waals surface area contributed by atoms with E-state index in [4.69, 9.17) is 0 Å². The number of benzene rings is 1. The van der Waals surface area contributed by atoms with E-state index in [1.807, 2.05) is 17.2 Å². The fourth-order valence-corrected chi connectivity index (χ4v) is 2.57. The maximum Gasteiger partial charge on any atom is 0.317 e. The van der Waals surface area contributed by atoms with Crippen LogP contribution in [-0.2, 0) is 6.54 Å². The minimum absolute atomic E-state index is 0.00316. The Morgan fingerprint density at radius 3 is 2.64 bits per heavy atom. The van der Waals surface area contributed by atoms with Gasteiger partial charge in [-0.25, -0.2) is 9.18 Å². The quantitative estimate of drug-likeness (QED) is 0.943. The van der Waals surface area contributed by atoms with E-state index in [0.29, 0.717) is 13.1 Å². The van der Waals surface area contributed by atoms with Crippen molar-refractivity contribution in [2.75, 3.05) is 19.6 Å². The normalized spacial score (nSPS) is 14.3. The summed E-state index contributed by atoms with van der Waals surface area (Å²) in [6.07, 6.45) is 4.04. The van der Waals surface area contributed by atoms with Gasteiger partial charge >= 0.3 is 6.03 Å². The summed E-state index contributed by atoms with van der Waals surface area (Å²) < 4.78 is 14.7. The molecular weight excluding hydrogens is 283 g/mol. The van der Waals surface area contributed by atoms with Crippen molar-refractivity contribution in [3.63, 3.8) is 0 Å². The molecule has 3 rings (SSSR count). The number of rotatable bonds is 4. The van der Waals surface area contributed by atoms with E-state index in [-0.39, 0.29) is 11.8 Å². The van der Waals surface area contributed by atoms with E-state index >= 15 is 0 Å². The molecule has 0 saturated carbocycles. The molecule has 1 saturated heterocycles. The highest BCUT2D eigenvalue weighted by atomic mass is 19.1. The molecule has 0 radical (unpaired) electrons. The van der Waals surface area contributed by atoms with Crippen LogP contribution in [0.5, 0.6) is 0 Å². The first-order chi connectivity index (χ1) is 10.7. The number of nitrogens with zero attached hydrogens (tertiary/aromatic N) is 3. The Labute approximate surface area is 128 Å². The van der Waals surface area contributed by atoms with Crippen molar-refractivity contribution in [3.8, 4) is 11.3 Å². The maximum absolute atomic E-state index is 12.9. The van der Waals surface area contributed by atoms with Crippen molar-refractivity contribution in [3.05, 3.63) is 42.3 Å². The molecule has 2 amide bonds. The lowest BCUT2D eigenvalue weighted by Gasteiger charge is -2.15. The third-order valence-corrected chi connectivity index (χ3v) is 3.79. The summed E-state index contributed by atoms with van der Waals surface area (Å²) in [6, 6.07) is 8.14. The fourth-order valence-electron chi connectivity index (χ4n) is 2.57. The van der Waals surface area contributed by atoms with Crippen molar-refractivity contribution in [2.45, 2.75) is 19.4 Å². The van der Waals surface area contributed by atoms with Crippen LogP contribution in [0.25, 0.3) is 11.3 Å².